The van der Waals surface area contributed by atoms with E-state index in [9.17, 15) is 13.6 Å². The number of guanidine groups is 1. The Morgan fingerprint density at radius 3 is 2.53 bits per heavy atom. The number of anilines is 1. The van der Waals surface area contributed by atoms with Crippen LogP contribution in [0.25, 0.3) is 0 Å². The molecule has 0 unspecified atom stereocenters. The number of carbonyl (C=O) groups is 1. The molecule has 0 aliphatic carbocycles. The maximum Gasteiger partial charge on any atom is 0.387 e. The van der Waals surface area contributed by atoms with E-state index in [2.05, 4.69) is 25.7 Å². The van der Waals surface area contributed by atoms with Crippen molar-refractivity contribution < 1.29 is 23.0 Å². The highest BCUT2D eigenvalue weighted by Gasteiger charge is 2.16. The Morgan fingerprint density at radius 1 is 1.13 bits per heavy atom. The van der Waals surface area contributed by atoms with Crippen LogP contribution in [0, 0.1) is 0 Å². The molecular formula is C21H26F2N4O3. The van der Waals surface area contributed by atoms with Crippen molar-refractivity contribution in [1.82, 2.24) is 10.6 Å². The van der Waals surface area contributed by atoms with E-state index in [1.165, 1.54) is 6.92 Å². The largest absolute Gasteiger partial charge is 0.490 e. The van der Waals surface area contributed by atoms with Gasteiger partial charge in [0.2, 0.25) is 5.91 Å². The van der Waals surface area contributed by atoms with Crippen LogP contribution < -0.4 is 25.4 Å². The molecule has 30 heavy (non-hydrogen) atoms. The van der Waals surface area contributed by atoms with Crippen LogP contribution in [0.4, 0.5) is 14.5 Å². The lowest BCUT2D eigenvalue weighted by Gasteiger charge is -2.17. The molecule has 0 atom stereocenters. The molecule has 162 valence electrons. The third kappa shape index (κ3) is 7.23. The van der Waals surface area contributed by atoms with Crippen molar-refractivity contribution in [1.29, 1.82) is 0 Å². The molecule has 0 aliphatic rings. The van der Waals surface area contributed by atoms with E-state index in [0.29, 0.717) is 30.4 Å². The number of ether oxygens (including phenoxy) is 2. The van der Waals surface area contributed by atoms with Crippen molar-refractivity contribution in [2.75, 3.05) is 19.0 Å². The molecule has 2 aromatic rings. The van der Waals surface area contributed by atoms with Gasteiger partial charge in [-0.05, 0) is 30.7 Å². The molecule has 3 N–H and O–H groups in total. The van der Waals surface area contributed by atoms with E-state index >= 15 is 0 Å². The van der Waals surface area contributed by atoms with Gasteiger partial charge in [-0.1, -0.05) is 24.3 Å². The lowest BCUT2D eigenvalue weighted by Crippen LogP contribution is -2.36. The van der Waals surface area contributed by atoms with E-state index in [4.69, 9.17) is 4.74 Å². The second-order valence-electron chi connectivity index (χ2n) is 6.22. The molecule has 1 amide bonds. The first kappa shape index (κ1) is 22.9. The summed E-state index contributed by atoms with van der Waals surface area (Å²) < 4.78 is 35.8. The lowest BCUT2D eigenvalue weighted by molar-refractivity contribution is -0.114. The monoisotopic (exact) mass is 420 g/mol. The van der Waals surface area contributed by atoms with Crippen molar-refractivity contribution >= 4 is 17.6 Å². The summed E-state index contributed by atoms with van der Waals surface area (Å²) in [6.45, 7) is 1.24. The van der Waals surface area contributed by atoms with Crippen LogP contribution in [0.1, 0.15) is 25.0 Å². The highest BCUT2D eigenvalue weighted by atomic mass is 19.3. The SMILES string of the molecule is CCOc1cccc(CNC(=NC)NCc2cccc(NC(C)=O)c2)c1OC(F)F. The van der Waals surface area contributed by atoms with E-state index in [1.54, 1.807) is 38.2 Å². The first-order chi connectivity index (χ1) is 14.4. The second-order valence-corrected chi connectivity index (χ2v) is 6.22. The number of benzene rings is 2. The topological polar surface area (TPSA) is 84.0 Å². The Bertz CT molecular complexity index is 875. The van der Waals surface area contributed by atoms with Gasteiger partial charge in [-0.2, -0.15) is 8.78 Å². The van der Waals surface area contributed by atoms with Gasteiger partial charge in [-0.15, -0.1) is 0 Å². The molecule has 2 aromatic carbocycles. The summed E-state index contributed by atoms with van der Waals surface area (Å²) in [5.41, 5.74) is 2.15. The summed E-state index contributed by atoms with van der Waals surface area (Å²) in [4.78, 5) is 15.3. The summed E-state index contributed by atoms with van der Waals surface area (Å²) in [5, 5.41) is 8.95. The van der Waals surface area contributed by atoms with Crippen LogP contribution in [0.2, 0.25) is 0 Å². The average Bonchev–Trinajstić information content (AvgIpc) is 2.69. The van der Waals surface area contributed by atoms with Crippen LogP contribution in [-0.2, 0) is 17.9 Å². The fourth-order valence-corrected chi connectivity index (χ4v) is 2.74. The van der Waals surface area contributed by atoms with Gasteiger partial charge < -0.3 is 25.4 Å². The lowest BCUT2D eigenvalue weighted by atomic mass is 10.2. The molecule has 0 bridgehead atoms. The second kappa shape index (κ2) is 11.6. The summed E-state index contributed by atoms with van der Waals surface area (Å²) in [6, 6.07) is 12.4. The van der Waals surface area contributed by atoms with Gasteiger partial charge >= 0.3 is 6.61 Å². The number of carbonyl (C=O) groups excluding carboxylic acids is 1. The zero-order chi connectivity index (χ0) is 21.9. The van der Waals surface area contributed by atoms with Crippen LogP contribution >= 0.6 is 0 Å². The van der Waals surface area contributed by atoms with Gasteiger partial charge in [0.05, 0.1) is 6.61 Å². The van der Waals surface area contributed by atoms with Crippen LogP contribution in [0.15, 0.2) is 47.5 Å². The number of para-hydroxylation sites is 1. The molecule has 0 aliphatic heterocycles. The van der Waals surface area contributed by atoms with E-state index in [0.717, 1.165) is 5.56 Å². The van der Waals surface area contributed by atoms with Crippen LogP contribution in [-0.4, -0.2) is 32.1 Å². The van der Waals surface area contributed by atoms with Crippen LogP contribution in [0.5, 0.6) is 11.5 Å². The van der Waals surface area contributed by atoms with Crippen molar-refractivity contribution in [2.45, 2.75) is 33.5 Å². The minimum atomic E-state index is -2.96. The smallest absolute Gasteiger partial charge is 0.387 e. The van der Waals surface area contributed by atoms with Gasteiger partial charge in [0.1, 0.15) is 0 Å². The molecule has 7 nitrogen and oxygen atoms in total. The van der Waals surface area contributed by atoms with Crippen LogP contribution in [0.3, 0.4) is 0 Å². The maximum atomic E-state index is 12.8. The number of hydrogen-bond donors (Lipinski definition) is 3. The quantitative estimate of drug-likeness (QED) is 0.427. The maximum absolute atomic E-state index is 12.8. The van der Waals surface area contributed by atoms with Gasteiger partial charge in [0, 0.05) is 38.3 Å². The molecule has 2 rings (SSSR count). The van der Waals surface area contributed by atoms with Gasteiger partial charge in [0.25, 0.3) is 0 Å². The Labute approximate surface area is 174 Å². The minimum Gasteiger partial charge on any atom is -0.490 e. The van der Waals surface area contributed by atoms with Crippen molar-refractivity contribution in [3.8, 4) is 11.5 Å². The number of nitrogens with one attached hydrogen (secondary N) is 3. The van der Waals surface area contributed by atoms with Gasteiger partial charge in [-0.3, -0.25) is 9.79 Å². The minimum absolute atomic E-state index is 0.000288. The number of hydrogen-bond acceptors (Lipinski definition) is 4. The Kier molecular flexibility index (Phi) is 8.86. The molecular weight excluding hydrogens is 394 g/mol. The van der Waals surface area contributed by atoms with Crippen molar-refractivity contribution in [3.63, 3.8) is 0 Å². The normalized spacial score (nSPS) is 11.2. The molecule has 0 fully saturated rings. The van der Waals surface area contributed by atoms with Gasteiger partial charge in [-0.25, -0.2) is 0 Å². The predicted molar refractivity (Wildman–Crippen MR) is 112 cm³/mol. The summed E-state index contributed by atoms with van der Waals surface area (Å²) in [5.74, 6) is 0.591. The van der Waals surface area contributed by atoms with E-state index < -0.39 is 6.61 Å². The fraction of sp³-hybridized carbons (Fsp3) is 0.333. The number of amides is 1. The zero-order valence-electron chi connectivity index (χ0n) is 17.2. The highest BCUT2D eigenvalue weighted by molar-refractivity contribution is 5.88. The van der Waals surface area contributed by atoms with Crippen molar-refractivity contribution in [2.24, 2.45) is 4.99 Å². The third-order valence-corrected chi connectivity index (χ3v) is 3.94. The number of halogens is 2. The first-order valence-corrected chi connectivity index (χ1v) is 9.43. The number of aliphatic imine (C=N–C) groups is 1. The molecule has 0 heterocycles. The molecule has 0 saturated heterocycles. The third-order valence-electron chi connectivity index (χ3n) is 3.94. The predicted octanol–water partition coefficient (Wildman–Crippen LogP) is 3.51. The van der Waals surface area contributed by atoms with Gasteiger partial charge in [0.15, 0.2) is 17.5 Å². The Hall–Kier alpha value is -3.36. The molecule has 0 aromatic heterocycles. The molecule has 0 saturated carbocycles. The standard InChI is InChI=1S/C21H26F2N4O3/c1-4-29-18-10-6-8-16(19(18)30-20(22)23)13-26-21(24-3)25-12-15-7-5-9-17(11-15)27-14(2)28/h5-11,20H,4,12-13H2,1-3H3,(H,27,28)(H2,24,25,26). The number of alkyl halides is 2. The highest BCUT2D eigenvalue weighted by Crippen LogP contribution is 2.32. The molecule has 0 spiro atoms. The number of nitrogens with zero attached hydrogens (tertiary/aromatic N) is 1. The van der Waals surface area contributed by atoms with Crippen molar-refractivity contribution in [3.05, 3.63) is 53.6 Å². The summed E-state index contributed by atoms with van der Waals surface area (Å²) in [7, 11) is 1.61. The fourth-order valence-electron chi connectivity index (χ4n) is 2.74. The Balaban J connectivity index is 2.02. The molecule has 0 radical (unpaired) electrons. The number of rotatable bonds is 9. The summed E-state index contributed by atoms with van der Waals surface area (Å²) >= 11 is 0. The summed E-state index contributed by atoms with van der Waals surface area (Å²) in [6.07, 6.45) is 0. The zero-order valence-corrected chi connectivity index (χ0v) is 17.2. The first-order valence-electron chi connectivity index (χ1n) is 9.43. The van der Waals surface area contributed by atoms with E-state index in [1.807, 2.05) is 18.2 Å². The average molecular weight is 420 g/mol. The van der Waals surface area contributed by atoms with E-state index in [-0.39, 0.29) is 24.0 Å². The molecule has 9 heteroatoms. The Morgan fingerprint density at radius 2 is 1.87 bits per heavy atom.